The Bertz CT molecular complexity index is 3460. The van der Waals surface area contributed by atoms with E-state index in [2.05, 4.69) is 143 Å². The average Bonchev–Trinajstić information content (AvgIpc) is 3.33. The Morgan fingerprint density at radius 2 is 0.617 bits per heavy atom. The summed E-state index contributed by atoms with van der Waals surface area (Å²) in [6, 6.07) is 60.6. The molecule has 12 aromatic rings. The summed E-state index contributed by atoms with van der Waals surface area (Å²) in [5.41, 5.74) is 10.1. The first-order valence-corrected chi connectivity index (χ1v) is 19.9. The van der Waals surface area contributed by atoms with E-state index in [-0.39, 0.29) is 0 Å². The second kappa shape index (κ2) is 13.7. The molecule has 12 rings (SSSR count). The minimum absolute atomic E-state index is 0.600. The molecule has 0 aliphatic carbocycles. The number of hydrogen-bond acceptors (Lipinski definition) is 7. The maximum atomic E-state index is 5.14. The summed E-state index contributed by atoms with van der Waals surface area (Å²) in [5, 5.41) is 8.63. The van der Waals surface area contributed by atoms with Crippen molar-refractivity contribution in [3.8, 4) is 56.7 Å². The maximum absolute atomic E-state index is 5.14. The topological polar surface area (TPSA) is 90.2 Å². The molecule has 60 heavy (non-hydrogen) atoms. The van der Waals surface area contributed by atoms with Crippen molar-refractivity contribution in [3.05, 3.63) is 188 Å². The van der Waals surface area contributed by atoms with Gasteiger partial charge in [0.1, 0.15) is 0 Å². The van der Waals surface area contributed by atoms with Crippen LogP contribution < -0.4 is 0 Å². The zero-order valence-corrected chi connectivity index (χ0v) is 32.0. The van der Waals surface area contributed by atoms with E-state index in [1.165, 1.54) is 0 Å². The van der Waals surface area contributed by atoms with Crippen LogP contribution in [0.4, 0.5) is 0 Å². The Balaban J connectivity index is 0.953. The summed E-state index contributed by atoms with van der Waals surface area (Å²) in [7, 11) is 0. The van der Waals surface area contributed by atoms with Gasteiger partial charge in [0.25, 0.3) is 0 Å². The smallest absolute Gasteiger partial charge is 0.164 e. The van der Waals surface area contributed by atoms with E-state index in [1.807, 2.05) is 54.9 Å². The number of fused-ring (bicyclic) bond motifs is 8. The molecule has 0 spiro atoms. The fraction of sp³-hybridized carbons (Fsp3) is 0. The zero-order chi connectivity index (χ0) is 39.6. The summed E-state index contributed by atoms with van der Waals surface area (Å²) >= 11 is 0. The molecular weight excluding hydrogens is 735 g/mol. The third-order valence-corrected chi connectivity index (χ3v) is 11.3. The lowest BCUT2D eigenvalue weighted by molar-refractivity contribution is 1.08. The minimum Gasteiger partial charge on any atom is -0.254 e. The van der Waals surface area contributed by atoms with Crippen LogP contribution in [-0.2, 0) is 0 Å². The van der Waals surface area contributed by atoms with Gasteiger partial charge in [0.15, 0.2) is 17.5 Å². The molecule has 0 saturated heterocycles. The summed E-state index contributed by atoms with van der Waals surface area (Å²) in [5.74, 6) is 1.81. The van der Waals surface area contributed by atoms with Crippen LogP contribution in [0.2, 0.25) is 0 Å². The Kier molecular flexibility index (Phi) is 7.71. The van der Waals surface area contributed by atoms with Crippen molar-refractivity contribution in [2.24, 2.45) is 0 Å². The van der Waals surface area contributed by atoms with E-state index in [9.17, 15) is 0 Å². The predicted octanol–water partition coefficient (Wildman–Crippen LogP) is 12.7. The molecule has 0 bridgehead atoms. The van der Waals surface area contributed by atoms with Crippen LogP contribution >= 0.6 is 0 Å². The second-order valence-corrected chi connectivity index (χ2v) is 15.0. The lowest BCUT2D eigenvalue weighted by Crippen LogP contribution is -2.00. The molecule has 5 aromatic heterocycles. The molecule has 278 valence electrons. The molecule has 0 aliphatic rings. The van der Waals surface area contributed by atoms with E-state index < -0.39 is 0 Å². The van der Waals surface area contributed by atoms with Gasteiger partial charge in [-0.15, -0.1) is 0 Å². The first-order valence-electron chi connectivity index (χ1n) is 19.9. The van der Waals surface area contributed by atoms with E-state index >= 15 is 0 Å². The summed E-state index contributed by atoms with van der Waals surface area (Å²) in [4.78, 5) is 34.8. The number of hydrogen-bond donors (Lipinski definition) is 0. The second-order valence-electron chi connectivity index (χ2n) is 15.0. The van der Waals surface area contributed by atoms with Gasteiger partial charge in [-0.25, -0.2) is 24.9 Å². The van der Waals surface area contributed by atoms with Gasteiger partial charge in [0.2, 0.25) is 0 Å². The van der Waals surface area contributed by atoms with Gasteiger partial charge in [-0.05, 0) is 70.1 Å². The highest BCUT2D eigenvalue weighted by molar-refractivity contribution is 6.05. The first kappa shape index (κ1) is 33.8. The SMILES string of the molecule is c1ccc(-c2nc(-c3ccc4ccc(-c5ccc6ccc7cccnc7c6n5)cc4c3)nc(-c3ccc4ccc(-c5ccc6ccc7cccnc7c6n5)cc4c3)n2)cc1. The minimum atomic E-state index is 0.600. The largest absolute Gasteiger partial charge is 0.254 e. The Labute approximate surface area is 343 Å². The molecule has 0 unspecified atom stereocenters. The molecule has 0 radical (unpaired) electrons. The van der Waals surface area contributed by atoms with Crippen LogP contribution in [-0.4, -0.2) is 34.9 Å². The van der Waals surface area contributed by atoms with Crippen LogP contribution in [0.25, 0.3) is 122 Å². The van der Waals surface area contributed by atoms with E-state index in [0.717, 1.165) is 104 Å². The van der Waals surface area contributed by atoms with Crippen molar-refractivity contribution in [2.45, 2.75) is 0 Å². The molecule has 7 nitrogen and oxygen atoms in total. The molecule has 0 N–H and O–H groups in total. The highest BCUT2D eigenvalue weighted by Gasteiger charge is 2.15. The molecular formula is C53H31N7. The normalized spacial score (nSPS) is 11.7. The van der Waals surface area contributed by atoms with E-state index in [4.69, 9.17) is 24.9 Å². The van der Waals surface area contributed by atoms with Gasteiger partial charge in [-0.3, -0.25) is 9.97 Å². The Morgan fingerprint density at radius 3 is 1.10 bits per heavy atom. The molecule has 0 atom stereocenters. The zero-order valence-electron chi connectivity index (χ0n) is 32.0. The fourth-order valence-corrected chi connectivity index (χ4v) is 8.21. The number of nitrogens with zero attached hydrogens (tertiary/aromatic N) is 7. The van der Waals surface area contributed by atoms with Gasteiger partial charge in [-0.1, -0.05) is 127 Å². The van der Waals surface area contributed by atoms with Crippen LogP contribution in [0.5, 0.6) is 0 Å². The van der Waals surface area contributed by atoms with Crippen LogP contribution in [0, 0.1) is 0 Å². The molecule has 0 amide bonds. The number of aromatic nitrogens is 7. The highest BCUT2D eigenvalue weighted by atomic mass is 15.0. The van der Waals surface area contributed by atoms with Crippen LogP contribution in [0.15, 0.2) is 188 Å². The predicted molar refractivity (Wildman–Crippen MR) is 243 cm³/mol. The molecule has 0 fully saturated rings. The molecule has 0 aliphatic heterocycles. The molecule has 7 heteroatoms. The third-order valence-electron chi connectivity index (χ3n) is 11.3. The number of rotatable bonds is 5. The lowest BCUT2D eigenvalue weighted by Gasteiger charge is -2.11. The van der Waals surface area contributed by atoms with Gasteiger partial charge in [0.05, 0.1) is 33.5 Å². The summed E-state index contributed by atoms with van der Waals surface area (Å²) in [6.07, 6.45) is 3.65. The summed E-state index contributed by atoms with van der Waals surface area (Å²) < 4.78 is 0. The van der Waals surface area contributed by atoms with E-state index in [1.54, 1.807) is 0 Å². The van der Waals surface area contributed by atoms with Crippen molar-refractivity contribution in [3.63, 3.8) is 0 Å². The van der Waals surface area contributed by atoms with Crippen molar-refractivity contribution in [2.75, 3.05) is 0 Å². The monoisotopic (exact) mass is 765 g/mol. The van der Waals surface area contributed by atoms with Crippen LogP contribution in [0.3, 0.4) is 0 Å². The standard InChI is InChI=1S/C53H31N7/c1-2-6-38(7-3-1)51-58-52(41-20-12-32-10-18-39(28-43(32)30-41)45-24-22-36-16-14-34-8-4-26-54-47(34)49(36)56-45)60-53(59-51)42-21-13-33-11-19-40(29-44(33)31-42)46-25-23-37-17-15-35-9-5-27-55-48(35)50(37)57-46/h1-31H. The van der Waals surface area contributed by atoms with Crippen molar-refractivity contribution in [1.29, 1.82) is 0 Å². The third kappa shape index (κ3) is 5.87. The Hall–Kier alpha value is -8.29. The lowest BCUT2D eigenvalue weighted by atomic mass is 10.0. The van der Waals surface area contributed by atoms with Crippen molar-refractivity contribution >= 4 is 65.2 Å². The highest BCUT2D eigenvalue weighted by Crippen LogP contribution is 2.33. The molecule has 0 saturated carbocycles. The number of benzene rings is 7. The molecule has 5 heterocycles. The van der Waals surface area contributed by atoms with Gasteiger partial charge >= 0.3 is 0 Å². The van der Waals surface area contributed by atoms with Gasteiger partial charge < -0.3 is 0 Å². The van der Waals surface area contributed by atoms with Crippen LogP contribution in [0.1, 0.15) is 0 Å². The first-order chi connectivity index (χ1) is 29.7. The molecule has 7 aromatic carbocycles. The van der Waals surface area contributed by atoms with Gasteiger partial charge in [0, 0.05) is 61.8 Å². The quantitative estimate of drug-likeness (QED) is 0.161. The number of pyridine rings is 4. The van der Waals surface area contributed by atoms with Gasteiger partial charge in [-0.2, -0.15) is 0 Å². The average molecular weight is 766 g/mol. The van der Waals surface area contributed by atoms with Crippen molar-refractivity contribution < 1.29 is 0 Å². The van der Waals surface area contributed by atoms with Crippen molar-refractivity contribution in [1.82, 2.24) is 34.9 Å². The van der Waals surface area contributed by atoms with E-state index in [0.29, 0.717) is 17.5 Å². The summed E-state index contributed by atoms with van der Waals surface area (Å²) in [6.45, 7) is 0. The Morgan fingerprint density at radius 1 is 0.233 bits per heavy atom. The fourth-order valence-electron chi connectivity index (χ4n) is 8.21. The maximum Gasteiger partial charge on any atom is 0.164 e.